The minimum absolute atomic E-state index is 0.140. The molecule has 0 saturated carbocycles. The van der Waals surface area contributed by atoms with E-state index < -0.39 is 11.9 Å². The number of hydrogen-bond donors (Lipinski definition) is 3. The van der Waals surface area contributed by atoms with Crippen LogP contribution in [-0.2, 0) is 14.4 Å². The van der Waals surface area contributed by atoms with E-state index in [1.54, 1.807) is 0 Å². The summed E-state index contributed by atoms with van der Waals surface area (Å²) < 4.78 is 0. The Kier molecular flexibility index (Phi) is 2.84. The molecule has 6 heteroatoms. The van der Waals surface area contributed by atoms with Crippen molar-refractivity contribution in [2.75, 3.05) is 6.54 Å². The molecule has 13 heavy (non-hydrogen) atoms. The van der Waals surface area contributed by atoms with E-state index in [0.29, 0.717) is 12.8 Å². The number of amides is 3. The Hall–Kier alpha value is -1.59. The van der Waals surface area contributed by atoms with E-state index in [0.717, 1.165) is 0 Å². The second-order valence-electron chi connectivity index (χ2n) is 2.84. The lowest BCUT2D eigenvalue weighted by molar-refractivity contribution is -0.127. The maximum Gasteiger partial charge on any atom is 0.243 e. The average Bonchev–Trinajstić information content (AvgIpc) is 2.47. The van der Waals surface area contributed by atoms with Gasteiger partial charge >= 0.3 is 0 Å². The first-order valence-electron chi connectivity index (χ1n) is 3.95. The van der Waals surface area contributed by atoms with Crippen molar-refractivity contribution in [2.45, 2.75) is 18.9 Å². The monoisotopic (exact) mass is 185 g/mol. The molecule has 0 aliphatic carbocycles. The predicted octanol–water partition coefficient (Wildman–Crippen LogP) is -2.13. The van der Waals surface area contributed by atoms with Crippen LogP contribution in [0.2, 0.25) is 0 Å². The molecule has 1 saturated heterocycles. The second-order valence-corrected chi connectivity index (χ2v) is 2.84. The number of hydrogen-bond acceptors (Lipinski definition) is 3. The zero-order valence-electron chi connectivity index (χ0n) is 7.00. The lowest BCUT2D eigenvalue weighted by Crippen LogP contribution is -2.44. The van der Waals surface area contributed by atoms with Crippen molar-refractivity contribution in [1.82, 2.24) is 10.6 Å². The number of primary amides is 1. The number of carbonyl (C=O) groups is 3. The van der Waals surface area contributed by atoms with E-state index in [1.165, 1.54) is 0 Å². The Morgan fingerprint density at radius 3 is 2.77 bits per heavy atom. The van der Waals surface area contributed by atoms with Gasteiger partial charge in [-0.15, -0.1) is 0 Å². The van der Waals surface area contributed by atoms with Gasteiger partial charge in [-0.2, -0.15) is 0 Å². The van der Waals surface area contributed by atoms with Gasteiger partial charge in [0.25, 0.3) is 0 Å². The fourth-order valence-corrected chi connectivity index (χ4v) is 1.11. The van der Waals surface area contributed by atoms with Crippen LogP contribution in [0, 0.1) is 0 Å². The van der Waals surface area contributed by atoms with Crippen molar-refractivity contribution >= 4 is 17.7 Å². The van der Waals surface area contributed by atoms with Gasteiger partial charge < -0.3 is 16.4 Å². The number of nitrogens with two attached hydrogens (primary N) is 1. The van der Waals surface area contributed by atoms with Gasteiger partial charge in [-0.05, 0) is 6.42 Å². The van der Waals surface area contributed by atoms with E-state index in [9.17, 15) is 14.4 Å². The fraction of sp³-hybridized carbons (Fsp3) is 0.571. The fourth-order valence-electron chi connectivity index (χ4n) is 1.11. The third kappa shape index (κ3) is 2.73. The summed E-state index contributed by atoms with van der Waals surface area (Å²) in [6.07, 6.45) is 0.831. The number of nitrogens with one attached hydrogen (secondary N) is 2. The van der Waals surface area contributed by atoms with E-state index in [2.05, 4.69) is 10.6 Å². The lowest BCUT2D eigenvalue weighted by atomic mass is 10.2. The van der Waals surface area contributed by atoms with Gasteiger partial charge in [0.05, 0.1) is 6.54 Å². The molecule has 6 nitrogen and oxygen atoms in total. The predicted molar refractivity (Wildman–Crippen MR) is 43.4 cm³/mol. The summed E-state index contributed by atoms with van der Waals surface area (Å²) in [5.74, 6) is -1.10. The van der Waals surface area contributed by atoms with Crippen molar-refractivity contribution in [2.24, 2.45) is 5.73 Å². The van der Waals surface area contributed by atoms with Crippen molar-refractivity contribution in [3.8, 4) is 0 Å². The summed E-state index contributed by atoms with van der Waals surface area (Å²) in [5.41, 5.74) is 4.83. The molecular weight excluding hydrogens is 174 g/mol. The molecule has 1 atom stereocenters. The molecule has 0 aromatic rings. The molecule has 0 aromatic carbocycles. The molecule has 1 aliphatic rings. The molecule has 0 aromatic heterocycles. The highest BCUT2D eigenvalue weighted by atomic mass is 16.2. The first-order valence-corrected chi connectivity index (χ1v) is 3.95. The third-order valence-corrected chi connectivity index (χ3v) is 1.75. The van der Waals surface area contributed by atoms with Crippen molar-refractivity contribution < 1.29 is 14.4 Å². The quantitative estimate of drug-likeness (QED) is 0.468. The van der Waals surface area contributed by atoms with Crippen molar-refractivity contribution in [3.63, 3.8) is 0 Å². The molecule has 4 N–H and O–H groups in total. The van der Waals surface area contributed by atoms with E-state index in [4.69, 9.17) is 5.73 Å². The lowest BCUT2D eigenvalue weighted by Gasteiger charge is -2.08. The van der Waals surface area contributed by atoms with Crippen molar-refractivity contribution in [3.05, 3.63) is 0 Å². The van der Waals surface area contributed by atoms with Crippen LogP contribution < -0.4 is 16.4 Å². The van der Waals surface area contributed by atoms with Gasteiger partial charge in [0.1, 0.15) is 6.04 Å². The normalized spacial score (nSPS) is 20.9. The van der Waals surface area contributed by atoms with Gasteiger partial charge in [0.15, 0.2) is 0 Å². The van der Waals surface area contributed by atoms with Crippen LogP contribution in [0.25, 0.3) is 0 Å². The highest BCUT2D eigenvalue weighted by Gasteiger charge is 2.26. The van der Waals surface area contributed by atoms with E-state index >= 15 is 0 Å². The van der Waals surface area contributed by atoms with Crippen LogP contribution >= 0.6 is 0 Å². The zero-order chi connectivity index (χ0) is 9.84. The molecule has 1 unspecified atom stereocenters. The van der Waals surface area contributed by atoms with Crippen LogP contribution in [0.4, 0.5) is 0 Å². The summed E-state index contributed by atoms with van der Waals surface area (Å²) in [4.78, 5) is 32.2. The smallest absolute Gasteiger partial charge is 0.243 e. The largest absolute Gasteiger partial charge is 0.368 e. The molecular formula is C7H11N3O3. The van der Waals surface area contributed by atoms with Gasteiger partial charge in [-0.1, -0.05) is 0 Å². The maximum atomic E-state index is 11.2. The molecule has 1 fully saturated rings. The van der Waals surface area contributed by atoms with Gasteiger partial charge in [-0.3, -0.25) is 14.4 Å². The summed E-state index contributed by atoms with van der Waals surface area (Å²) >= 11 is 0. The number of carbonyl (C=O) groups excluding carboxylic acids is 3. The molecule has 72 valence electrons. The van der Waals surface area contributed by atoms with Gasteiger partial charge in [0.2, 0.25) is 17.7 Å². The summed E-state index contributed by atoms with van der Waals surface area (Å²) in [6, 6.07) is -0.508. The standard InChI is InChI=1S/C7H11N3O3/c8-5(11)3-9-7(13)4-1-2-6(12)10-4/h4H,1-3H2,(H2,8,11)(H,9,13)(H,10,12). The summed E-state index contributed by atoms with van der Waals surface area (Å²) in [6.45, 7) is -0.189. The van der Waals surface area contributed by atoms with Gasteiger partial charge in [-0.25, -0.2) is 0 Å². The Bertz CT molecular complexity index is 251. The Morgan fingerprint density at radius 2 is 2.31 bits per heavy atom. The van der Waals surface area contributed by atoms with E-state index in [-0.39, 0.29) is 18.4 Å². The highest BCUT2D eigenvalue weighted by Crippen LogP contribution is 2.05. The Balaban J connectivity index is 2.31. The topological polar surface area (TPSA) is 101 Å². The molecule has 1 rings (SSSR count). The van der Waals surface area contributed by atoms with Gasteiger partial charge in [0, 0.05) is 6.42 Å². The van der Waals surface area contributed by atoms with Crippen LogP contribution in [0.15, 0.2) is 0 Å². The first-order chi connectivity index (χ1) is 6.09. The summed E-state index contributed by atoms with van der Waals surface area (Å²) in [5, 5.41) is 4.79. The molecule has 3 amide bonds. The molecule has 0 radical (unpaired) electrons. The Labute approximate surface area is 74.8 Å². The SMILES string of the molecule is NC(=O)CNC(=O)C1CCC(=O)N1. The average molecular weight is 185 g/mol. The minimum atomic E-state index is -0.599. The van der Waals surface area contributed by atoms with Crippen molar-refractivity contribution in [1.29, 1.82) is 0 Å². The maximum absolute atomic E-state index is 11.2. The molecule has 0 bridgehead atoms. The Morgan fingerprint density at radius 1 is 1.62 bits per heavy atom. The molecule has 1 heterocycles. The van der Waals surface area contributed by atoms with Crippen LogP contribution in [0.5, 0.6) is 0 Å². The third-order valence-electron chi connectivity index (χ3n) is 1.75. The molecule has 1 aliphatic heterocycles. The van der Waals surface area contributed by atoms with Crippen LogP contribution in [0.3, 0.4) is 0 Å². The first kappa shape index (κ1) is 9.50. The zero-order valence-corrected chi connectivity index (χ0v) is 7.00. The minimum Gasteiger partial charge on any atom is -0.368 e. The van der Waals surface area contributed by atoms with Crippen LogP contribution in [-0.4, -0.2) is 30.3 Å². The van der Waals surface area contributed by atoms with E-state index in [1.807, 2.05) is 0 Å². The van der Waals surface area contributed by atoms with Crippen LogP contribution in [0.1, 0.15) is 12.8 Å². The second kappa shape index (κ2) is 3.88. The number of rotatable bonds is 3. The highest BCUT2D eigenvalue weighted by molar-refractivity contribution is 5.92. The molecule has 0 spiro atoms. The summed E-state index contributed by atoms with van der Waals surface area (Å²) in [7, 11) is 0.